The van der Waals surface area contributed by atoms with E-state index in [1.807, 2.05) is 30.3 Å². The number of hydrogen-bond donors (Lipinski definition) is 1. The molecule has 0 unspecified atom stereocenters. The second-order valence-electron chi connectivity index (χ2n) is 9.95. The smallest absolute Gasteiger partial charge is 0.264 e. The summed E-state index contributed by atoms with van der Waals surface area (Å²) >= 11 is 12.4. The van der Waals surface area contributed by atoms with Crippen molar-refractivity contribution in [1.82, 2.24) is 10.2 Å². The zero-order chi connectivity index (χ0) is 32.6. The minimum absolute atomic E-state index is 0.0178. The van der Waals surface area contributed by atoms with Crippen molar-refractivity contribution in [2.24, 2.45) is 0 Å². The van der Waals surface area contributed by atoms with Gasteiger partial charge in [-0.3, -0.25) is 13.9 Å². The van der Waals surface area contributed by atoms with Gasteiger partial charge in [-0.05, 0) is 47.5 Å². The number of hydrogen-bond acceptors (Lipinski definition) is 6. The number of carbonyl (C=O) groups excluding carboxylic acids is 2. The highest BCUT2D eigenvalue weighted by molar-refractivity contribution is 7.92. The lowest BCUT2D eigenvalue weighted by atomic mass is 10.0. The monoisotopic (exact) mass is 669 g/mol. The first-order chi connectivity index (χ1) is 21.6. The number of rotatable bonds is 13. The number of nitrogens with zero attached hydrogens (tertiary/aromatic N) is 2. The second-order valence-corrected chi connectivity index (χ2v) is 12.6. The van der Waals surface area contributed by atoms with Gasteiger partial charge in [-0.15, -0.1) is 0 Å². The fourth-order valence-electron chi connectivity index (χ4n) is 4.78. The summed E-state index contributed by atoms with van der Waals surface area (Å²) in [5.74, 6) is -0.389. The van der Waals surface area contributed by atoms with Gasteiger partial charge >= 0.3 is 0 Å². The van der Waals surface area contributed by atoms with E-state index in [2.05, 4.69) is 5.32 Å². The van der Waals surface area contributed by atoms with Crippen LogP contribution in [0.5, 0.6) is 11.5 Å². The van der Waals surface area contributed by atoms with E-state index >= 15 is 0 Å². The van der Waals surface area contributed by atoms with Gasteiger partial charge in [0.15, 0.2) is 11.5 Å². The first-order valence-electron chi connectivity index (χ1n) is 13.9. The van der Waals surface area contributed by atoms with Gasteiger partial charge in [0.25, 0.3) is 10.0 Å². The third kappa shape index (κ3) is 8.08. The van der Waals surface area contributed by atoms with Crippen molar-refractivity contribution in [3.8, 4) is 11.5 Å². The van der Waals surface area contributed by atoms with Crippen LogP contribution in [0, 0.1) is 0 Å². The molecule has 9 nitrogen and oxygen atoms in total. The second kappa shape index (κ2) is 15.2. The number of methoxy groups -OCH3 is 2. The van der Waals surface area contributed by atoms with Crippen LogP contribution < -0.4 is 19.1 Å². The molecule has 4 rings (SSSR count). The number of ether oxygens (including phenoxy) is 2. The standard InChI is InChI=1S/C33H33Cl2N3O6S/c1-36-33(40)29(19-23-10-6-4-7-11-23)37(21-24-14-16-27(34)28(35)18-24)32(39)22-38(45(41,42)26-12-8-5-9-13-26)25-15-17-30(43-2)31(20-25)44-3/h4-18,20,29H,19,21-22H2,1-3H3,(H,36,40)/t29-/m0/s1. The number of nitrogens with one attached hydrogen (secondary N) is 1. The minimum Gasteiger partial charge on any atom is -0.493 e. The number of anilines is 1. The molecule has 0 aliphatic rings. The highest BCUT2D eigenvalue weighted by Gasteiger charge is 2.34. The molecule has 0 spiro atoms. The number of sulfonamides is 1. The van der Waals surface area contributed by atoms with E-state index < -0.39 is 34.4 Å². The van der Waals surface area contributed by atoms with Gasteiger partial charge in [0.1, 0.15) is 12.6 Å². The Labute approximate surface area is 273 Å². The average molecular weight is 671 g/mol. The summed E-state index contributed by atoms with van der Waals surface area (Å²) in [5, 5.41) is 3.26. The molecule has 4 aromatic rings. The van der Waals surface area contributed by atoms with E-state index in [1.165, 1.54) is 50.4 Å². The van der Waals surface area contributed by atoms with E-state index in [9.17, 15) is 18.0 Å². The highest BCUT2D eigenvalue weighted by Crippen LogP contribution is 2.34. The van der Waals surface area contributed by atoms with Crippen molar-refractivity contribution in [3.05, 3.63) is 118 Å². The Kier molecular flexibility index (Phi) is 11.3. The molecule has 0 saturated carbocycles. The van der Waals surface area contributed by atoms with Gasteiger partial charge in [0.2, 0.25) is 11.8 Å². The summed E-state index contributed by atoms with van der Waals surface area (Å²) in [7, 11) is 0.106. The molecule has 0 aromatic heterocycles. The van der Waals surface area contributed by atoms with E-state index in [4.69, 9.17) is 32.7 Å². The van der Waals surface area contributed by atoms with Gasteiger partial charge < -0.3 is 19.7 Å². The lowest BCUT2D eigenvalue weighted by Crippen LogP contribution is -2.53. The Morgan fingerprint density at radius 3 is 2.04 bits per heavy atom. The molecule has 12 heteroatoms. The lowest BCUT2D eigenvalue weighted by Gasteiger charge is -2.33. The van der Waals surface area contributed by atoms with Crippen LogP contribution in [-0.2, 0) is 32.6 Å². The Morgan fingerprint density at radius 2 is 1.44 bits per heavy atom. The molecule has 0 heterocycles. The van der Waals surface area contributed by atoms with Crippen molar-refractivity contribution in [2.45, 2.75) is 23.9 Å². The van der Waals surface area contributed by atoms with Gasteiger partial charge in [0, 0.05) is 26.1 Å². The van der Waals surface area contributed by atoms with Crippen LogP contribution in [0.4, 0.5) is 5.69 Å². The van der Waals surface area contributed by atoms with Crippen molar-refractivity contribution in [3.63, 3.8) is 0 Å². The van der Waals surface area contributed by atoms with Crippen molar-refractivity contribution in [2.75, 3.05) is 32.1 Å². The molecule has 0 saturated heterocycles. The van der Waals surface area contributed by atoms with Crippen LogP contribution in [-0.4, -0.2) is 59.0 Å². The van der Waals surface area contributed by atoms with E-state index in [0.717, 1.165) is 9.87 Å². The molecular weight excluding hydrogens is 637 g/mol. The summed E-state index contributed by atoms with van der Waals surface area (Å²) in [6.45, 7) is -0.678. The van der Waals surface area contributed by atoms with Crippen LogP contribution in [0.15, 0.2) is 102 Å². The Bertz CT molecular complexity index is 1740. The van der Waals surface area contributed by atoms with E-state index in [-0.39, 0.29) is 34.3 Å². The van der Waals surface area contributed by atoms with Crippen LogP contribution in [0.1, 0.15) is 11.1 Å². The average Bonchev–Trinajstić information content (AvgIpc) is 3.06. The Hall–Kier alpha value is -4.25. The molecule has 0 radical (unpaired) electrons. The molecule has 0 bridgehead atoms. The Balaban J connectivity index is 1.83. The first-order valence-corrected chi connectivity index (χ1v) is 16.1. The maximum Gasteiger partial charge on any atom is 0.264 e. The van der Waals surface area contributed by atoms with E-state index in [0.29, 0.717) is 16.3 Å². The van der Waals surface area contributed by atoms with Gasteiger partial charge in [0.05, 0.1) is 34.8 Å². The summed E-state index contributed by atoms with van der Waals surface area (Å²) in [4.78, 5) is 29.1. The number of likely N-dealkylation sites (N-methyl/N-ethyl adjacent to an activating group) is 1. The molecule has 236 valence electrons. The van der Waals surface area contributed by atoms with Crippen molar-refractivity contribution in [1.29, 1.82) is 0 Å². The number of halogens is 2. The quantitative estimate of drug-likeness (QED) is 0.199. The molecule has 0 aliphatic heterocycles. The number of carbonyl (C=O) groups is 2. The van der Waals surface area contributed by atoms with Crippen LogP contribution >= 0.6 is 23.2 Å². The predicted octanol–water partition coefficient (Wildman–Crippen LogP) is 5.59. The molecule has 0 fully saturated rings. The fourth-order valence-corrected chi connectivity index (χ4v) is 6.53. The fraction of sp³-hybridized carbons (Fsp3) is 0.212. The lowest BCUT2D eigenvalue weighted by molar-refractivity contribution is -0.139. The van der Waals surface area contributed by atoms with E-state index in [1.54, 1.807) is 42.5 Å². The maximum atomic E-state index is 14.4. The molecule has 45 heavy (non-hydrogen) atoms. The normalized spacial score (nSPS) is 11.8. The topological polar surface area (TPSA) is 105 Å². The molecule has 4 aromatic carbocycles. The van der Waals surface area contributed by atoms with Crippen LogP contribution in [0.3, 0.4) is 0 Å². The maximum absolute atomic E-state index is 14.4. The zero-order valence-corrected chi connectivity index (χ0v) is 27.3. The number of amides is 2. The van der Waals surface area contributed by atoms with Crippen molar-refractivity contribution >= 4 is 50.7 Å². The molecule has 2 amide bonds. The molecular formula is C33H33Cl2N3O6S. The summed E-state index contributed by atoms with van der Waals surface area (Å²) < 4.78 is 40.0. The molecule has 1 N–H and O–H groups in total. The Morgan fingerprint density at radius 1 is 0.800 bits per heavy atom. The SMILES string of the molecule is CNC(=O)[C@H](Cc1ccccc1)N(Cc1ccc(Cl)c(Cl)c1)C(=O)CN(c1ccc(OC)c(OC)c1)S(=O)(=O)c1ccccc1. The van der Waals surface area contributed by atoms with Gasteiger partial charge in [-0.2, -0.15) is 0 Å². The third-order valence-corrected chi connectivity index (χ3v) is 9.65. The van der Waals surface area contributed by atoms with Crippen LogP contribution in [0.25, 0.3) is 0 Å². The minimum atomic E-state index is -4.27. The predicted molar refractivity (Wildman–Crippen MR) is 176 cm³/mol. The van der Waals surface area contributed by atoms with Gasteiger partial charge in [-0.25, -0.2) is 8.42 Å². The molecule has 0 aliphatic carbocycles. The summed E-state index contributed by atoms with van der Waals surface area (Å²) in [6.07, 6.45) is 0.176. The van der Waals surface area contributed by atoms with Crippen molar-refractivity contribution < 1.29 is 27.5 Å². The van der Waals surface area contributed by atoms with Gasteiger partial charge in [-0.1, -0.05) is 77.8 Å². The highest BCUT2D eigenvalue weighted by atomic mass is 35.5. The molecule has 1 atom stereocenters. The summed E-state index contributed by atoms with van der Waals surface area (Å²) in [6, 6.07) is 25.5. The zero-order valence-electron chi connectivity index (χ0n) is 24.9. The first kappa shape index (κ1) is 33.6. The third-order valence-electron chi connectivity index (χ3n) is 7.12. The summed E-state index contributed by atoms with van der Waals surface area (Å²) in [5.41, 5.74) is 1.58. The number of benzene rings is 4. The van der Waals surface area contributed by atoms with Crippen LogP contribution in [0.2, 0.25) is 10.0 Å². The largest absolute Gasteiger partial charge is 0.493 e.